The van der Waals surface area contributed by atoms with Crippen LogP contribution >= 0.6 is 23.1 Å². The van der Waals surface area contributed by atoms with Gasteiger partial charge in [-0.25, -0.2) is 0 Å². The zero-order valence-electron chi connectivity index (χ0n) is 14.9. The average Bonchev–Trinajstić information content (AvgIpc) is 3.13. The number of nitrogens with zero attached hydrogens (tertiary/aromatic N) is 4. The molecule has 148 valence electrons. The predicted octanol–water partition coefficient (Wildman–Crippen LogP) is 4.21. The molecule has 1 heterocycles. The third-order valence-corrected chi connectivity index (χ3v) is 5.90. The van der Waals surface area contributed by atoms with E-state index in [4.69, 9.17) is 0 Å². The second-order valence-electron chi connectivity index (χ2n) is 5.75. The molecular weight excluding hydrogens is 418 g/mol. The number of hydrogen-bond donors (Lipinski definition) is 1. The number of hydrogen-bond acceptors (Lipinski definition) is 9. The van der Waals surface area contributed by atoms with E-state index in [0.29, 0.717) is 10.1 Å². The number of nitro benzene ring substituents is 2. The Morgan fingerprint density at radius 3 is 2.62 bits per heavy atom. The summed E-state index contributed by atoms with van der Waals surface area (Å²) in [4.78, 5) is 33.3. The molecule has 1 amide bonds. The molecule has 0 spiro atoms. The lowest BCUT2D eigenvalue weighted by Gasteiger charge is -2.05. The second kappa shape index (κ2) is 8.75. The monoisotopic (exact) mass is 431 g/mol. The SMILES string of the molecule is Cc1c(C(=O)Nc2nnc(SCc3cccc([N+](=O)[O-])c3)s2)cccc1[N+](=O)[O-]. The van der Waals surface area contributed by atoms with Crippen molar-refractivity contribution in [1.82, 2.24) is 10.2 Å². The molecule has 0 aliphatic rings. The first kappa shape index (κ1) is 20.4. The van der Waals surface area contributed by atoms with Crippen LogP contribution in [0.15, 0.2) is 46.8 Å². The van der Waals surface area contributed by atoms with Crippen LogP contribution in [0.5, 0.6) is 0 Å². The van der Waals surface area contributed by atoms with E-state index in [0.717, 1.165) is 16.9 Å². The fraction of sp³-hybridized carbons (Fsp3) is 0.118. The van der Waals surface area contributed by atoms with Gasteiger partial charge in [-0.15, -0.1) is 10.2 Å². The van der Waals surface area contributed by atoms with Crippen LogP contribution in [0.3, 0.4) is 0 Å². The summed E-state index contributed by atoms with van der Waals surface area (Å²) in [6.07, 6.45) is 0. The molecule has 12 heteroatoms. The largest absolute Gasteiger partial charge is 0.296 e. The van der Waals surface area contributed by atoms with Crippen molar-refractivity contribution in [3.05, 3.63) is 79.4 Å². The Balaban J connectivity index is 1.66. The molecule has 3 rings (SSSR count). The molecule has 0 saturated heterocycles. The lowest BCUT2D eigenvalue weighted by atomic mass is 10.1. The number of thioether (sulfide) groups is 1. The first-order valence-electron chi connectivity index (χ1n) is 8.10. The number of rotatable bonds is 7. The molecule has 3 aromatic rings. The maximum atomic E-state index is 12.4. The molecule has 1 aromatic heterocycles. The molecular formula is C17H13N5O5S2. The highest BCUT2D eigenvalue weighted by Crippen LogP contribution is 2.30. The van der Waals surface area contributed by atoms with Crippen LogP contribution in [-0.2, 0) is 5.75 Å². The van der Waals surface area contributed by atoms with Gasteiger partial charge in [0, 0.05) is 35.1 Å². The van der Waals surface area contributed by atoms with Crippen LogP contribution in [0.2, 0.25) is 0 Å². The smallest absolute Gasteiger partial charge is 0.273 e. The number of aromatic nitrogens is 2. The van der Waals surface area contributed by atoms with Crippen LogP contribution in [0.1, 0.15) is 21.5 Å². The Morgan fingerprint density at radius 1 is 1.14 bits per heavy atom. The zero-order chi connectivity index (χ0) is 21.0. The van der Waals surface area contributed by atoms with Gasteiger partial charge in [-0.2, -0.15) is 0 Å². The average molecular weight is 431 g/mol. The number of benzene rings is 2. The summed E-state index contributed by atoms with van der Waals surface area (Å²) in [5, 5.41) is 32.6. The van der Waals surface area contributed by atoms with Gasteiger partial charge in [0.2, 0.25) is 5.13 Å². The van der Waals surface area contributed by atoms with E-state index in [9.17, 15) is 25.0 Å². The Hall–Kier alpha value is -3.38. The van der Waals surface area contributed by atoms with Crippen molar-refractivity contribution in [1.29, 1.82) is 0 Å². The summed E-state index contributed by atoms with van der Waals surface area (Å²) >= 11 is 2.47. The predicted molar refractivity (Wildman–Crippen MR) is 108 cm³/mol. The molecule has 0 fully saturated rings. The summed E-state index contributed by atoms with van der Waals surface area (Å²) in [5.74, 6) is -0.0635. The molecule has 0 saturated carbocycles. The highest BCUT2D eigenvalue weighted by atomic mass is 32.2. The van der Waals surface area contributed by atoms with Gasteiger partial charge in [-0.3, -0.25) is 30.3 Å². The van der Waals surface area contributed by atoms with Gasteiger partial charge < -0.3 is 0 Å². The van der Waals surface area contributed by atoms with Crippen molar-refractivity contribution in [2.24, 2.45) is 0 Å². The van der Waals surface area contributed by atoms with Crippen LogP contribution in [0.4, 0.5) is 16.5 Å². The number of amides is 1. The minimum Gasteiger partial charge on any atom is -0.296 e. The van der Waals surface area contributed by atoms with Gasteiger partial charge >= 0.3 is 0 Å². The van der Waals surface area contributed by atoms with E-state index >= 15 is 0 Å². The third-order valence-electron chi connectivity index (χ3n) is 3.86. The molecule has 1 N–H and O–H groups in total. The fourth-order valence-corrected chi connectivity index (χ4v) is 4.15. The first-order chi connectivity index (χ1) is 13.8. The van der Waals surface area contributed by atoms with E-state index in [1.54, 1.807) is 12.1 Å². The quantitative estimate of drug-likeness (QED) is 0.254. The van der Waals surface area contributed by atoms with Gasteiger partial charge in [-0.1, -0.05) is 41.3 Å². The topological polar surface area (TPSA) is 141 Å². The molecule has 0 bridgehead atoms. The fourth-order valence-electron chi connectivity index (χ4n) is 2.46. The molecule has 29 heavy (non-hydrogen) atoms. The minimum atomic E-state index is -0.542. The first-order valence-corrected chi connectivity index (χ1v) is 9.90. The minimum absolute atomic E-state index is 0.0145. The number of nitrogens with one attached hydrogen (secondary N) is 1. The Labute approximate surface area is 172 Å². The van der Waals surface area contributed by atoms with E-state index in [-0.39, 0.29) is 27.6 Å². The molecule has 0 unspecified atom stereocenters. The zero-order valence-corrected chi connectivity index (χ0v) is 16.5. The van der Waals surface area contributed by atoms with Gasteiger partial charge in [0.05, 0.1) is 9.85 Å². The van der Waals surface area contributed by atoms with Gasteiger partial charge in [0.1, 0.15) is 0 Å². The van der Waals surface area contributed by atoms with E-state index in [1.165, 1.54) is 49.0 Å². The summed E-state index contributed by atoms with van der Waals surface area (Å²) in [7, 11) is 0. The number of carbonyl (C=O) groups excluding carboxylic acids is 1. The number of nitro groups is 2. The van der Waals surface area contributed by atoms with Crippen molar-refractivity contribution in [2.75, 3.05) is 5.32 Å². The maximum Gasteiger partial charge on any atom is 0.273 e. The molecule has 0 aliphatic carbocycles. The van der Waals surface area contributed by atoms with Crippen molar-refractivity contribution in [3.63, 3.8) is 0 Å². The molecule has 0 radical (unpaired) electrons. The van der Waals surface area contributed by atoms with Crippen LogP contribution < -0.4 is 5.32 Å². The molecule has 0 aliphatic heterocycles. The van der Waals surface area contributed by atoms with E-state index in [2.05, 4.69) is 15.5 Å². The summed E-state index contributed by atoms with van der Waals surface area (Å²) in [5.41, 5.74) is 1.08. The molecule has 0 atom stereocenters. The van der Waals surface area contributed by atoms with Crippen molar-refractivity contribution in [3.8, 4) is 0 Å². The summed E-state index contributed by atoms with van der Waals surface area (Å²) in [6, 6.07) is 10.6. The molecule has 2 aromatic carbocycles. The Morgan fingerprint density at radius 2 is 1.90 bits per heavy atom. The van der Waals surface area contributed by atoms with E-state index < -0.39 is 15.8 Å². The summed E-state index contributed by atoms with van der Waals surface area (Å²) < 4.78 is 0.572. The van der Waals surface area contributed by atoms with E-state index in [1.807, 2.05) is 0 Å². The lowest BCUT2D eigenvalue weighted by molar-refractivity contribution is -0.385. The Bertz CT molecular complexity index is 1100. The van der Waals surface area contributed by atoms with Crippen LogP contribution in [0, 0.1) is 27.2 Å². The van der Waals surface area contributed by atoms with Crippen molar-refractivity contribution in [2.45, 2.75) is 17.0 Å². The highest BCUT2D eigenvalue weighted by molar-refractivity contribution is 8.00. The van der Waals surface area contributed by atoms with Crippen molar-refractivity contribution >= 4 is 45.5 Å². The lowest BCUT2D eigenvalue weighted by Crippen LogP contribution is -2.14. The van der Waals surface area contributed by atoms with Gasteiger partial charge in [0.15, 0.2) is 4.34 Å². The van der Waals surface area contributed by atoms with Gasteiger partial charge in [0.25, 0.3) is 17.3 Å². The number of carbonyl (C=O) groups is 1. The van der Waals surface area contributed by atoms with Crippen LogP contribution in [-0.4, -0.2) is 26.0 Å². The standard InChI is InChI=1S/C17H13N5O5S2/c1-10-13(6-3-7-14(10)22(26)27)15(23)18-16-19-20-17(29-16)28-9-11-4-2-5-12(8-11)21(24)25/h2-8H,9H2,1H3,(H,18,19,23). The highest BCUT2D eigenvalue weighted by Gasteiger charge is 2.19. The molecule has 10 nitrogen and oxygen atoms in total. The van der Waals surface area contributed by atoms with Crippen molar-refractivity contribution < 1.29 is 14.6 Å². The number of non-ortho nitro benzene ring substituents is 1. The number of anilines is 1. The third kappa shape index (κ3) is 4.92. The summed E-state index contributed by atoms with van der Waals surface area (Å²) in [6.45, 7) is 1.51. The Kier molecular flexibility index (Phi) is 6.14. The normalized spacial score (nSPS) is 10.5. The maximum absolute atomic E-state index is 12.4. The second-order valence-corrected chi connectivity index (χ2v) is 7.95. The van der Waals surface area contributed by atoms with Gasteiger partial charge in [-0.05, 0) is 18.6 Å². The van der Waals surface area contributed by atoms with Crippen LogP contribution in [0.25, 0.3) is 0 Å².